The number of hydrogen-bond acceptors (Lipinski definition) is 4. The van der Waals surface area contributed by atoms with Crippen LogP contribution < -0.4 is 16.0 Å². The van der Waals surface area contributed by atoms with Crippen molar-refractivity contribution in [3.63, 3.8) is 0 Å². The van der Waals surface area contributed by atoms with Crippen LogP contribution in [0.4, 0.5) is 19.0 Å². The van der Waals surface area contributed by atoms with E-state index in [2.05, 4.69) is 43.2 Å². The molecule has 0 spiro atoms. The van der Waals surface area contributed by atoms with Crippen LogP contribution in [0.25, 0.3) is 0 Å². The maximum atomic E-state index is 12.6. The van der Waals surface area contributed by atoms with Crippen LogP contribution in [-0.4, -0.2) is 40.9 Å². The van der Waals surface area contributed by atoms with Gasteiger partial charge in [0.05, 0.1) is 12.1 Å². The predicted octanol–water partition coefficient (Wildman–Crippen LogP) is 3.51. The van der Waals surface area contributed by atoms with Gasteiger partial charge >= 0.3 is 6.18 Å². The molecule has 7 nitrogen and oxygen atoms in total. The van der Waals surface area contributed by atoms with E-state index in [0.717, 1.165) is 24.2 Å². The first kappa shape index (κ1) is 23.1. The highest BCUT2D eigenvalue weighted by molar-refractivity contribution is 5.79. The molecule has 10 heteroatoms. The number of nitrogens with zero attached hydrogens (tertiary/aromatic N) is 4. The molecule has 0 atom stereocenters. The molecule has 32 heavy (non-hydrogen) atoms. The van der Waals surface area contributed by atoms with Gasteiger partial charge in [-0.05, 0) is 35.7 Å². The zero-order chi connectivity index (χ0) is 22.8. The summed E-state index contributed by atoms with van der Waals surface area (Å²) in [6, 6.07) is 12.4. The third-order valence-corrected chi connectivity index (χ3v) is 4.72. The summed E-state index contributed by atoms with van der Waals surface area (Å²) >= 11 is 0. The molecule has 2 aromatic heterocycles. The average molecular weight is 445 g/mol. The van der Waals surface area contributed by atoms with E-state index in [1.54, 1.807) is 13.2 Å². The highest BCUT2D eigenvalue weighted by Gasteiger charge is 2.30. The molecular weight excluding hydrogens is 419 g/mol. The first-order chi connectivity index (χ1) is 15.5. The van der Waals surface area contributed by atoms with Gasteiger partial charge < -0.3 is 16.0 Å². The lowest BCUT2D eigenvalue weighted by molar-refractivity contribution is -0.137. The normalized spacial score (nSPS) is 11.9. The number of halogens is 3. The Hall–Kier alpha value is -3.56. The standard InChI is InChI=1S/C22H26F3N7/c1-26-21(28-11-4-10-27-20-9-8-19(15-29-20)22(23,24)25)30-14-17-6-2-3-7-18(17)16-32-13-5-12-31-32/h2-3,5-9,12-13,15H,4,10-11,14,16H2,1H3,(H,27,29)(H2,26,28,30). The van der Waals surface area contributed by atoms with Gasteiger partial charge in [-0.1, -0.05) is 24.3 Å². The van der Waals surface area contributed by atoms with Crippen LogP contribution >= 0.6 is 0 Å². The number of guanidine groups is 1. The van der Waals surface area contributed by atoms with Crippen LogP contribution in [0.3, 0.4) is 0 Å². The van der Waals surface area contributed by atoms with Crippen molar-refractivity contribution < 1.29 is 13.2 Å². The molecule has 0 radical (unpaired) electrons. The van der Waals surface area contributed by atoms with Crippen molar-refractivity contribution in [2.75, 3.05) is 25.5 Å². The van der Waals surface area contributed by atoms with E-state index in [0.29, 0.717) is 38.0 Å². The van der Waals surface area contributed by atoms with E-state index in [1.807, 2.05) is 29.1 Å². The second kappa shape index (κ2) is 11.2. The molecule has 3 rings (SSSR count). The van der Waals surface area contributed by atoms with Crippen molar-refractivity contribution in [3.05, 3.63) is 77.7 Å². The minimum atomic E-state index is -4.38. The molecule has 1 aromatic carbocycles. The minimum Gasteiger partial charge on any atom is -0.370 e. The quantitative estimate of drug-likeness (QED) is 0.267. The third kappa shape index (κ3) is 7.00. The van der Waals surface area contributed by atoms with Gasteiger partial charge in [-0.15, -0.1) is 0 Å². The highest BCUT2D eigenvalue weighted by atomic mass is 19.4. The summed E-state index contributed by atoms with van der Waals surface area (Å²) < 4.78 is 39.6. The number of benzene rings is 1. The predicted molar refractivity (Wildman–Crippen MR) is 118 cm³/mol. The first-order valence-corrected chi connectivity index (χ1v) is 10.2. The number of aliphatic imine (C=N–C) groups is 1. The van der Waals surface area contributed by atoms with E-state index in [1.165, 1.54) is 11.6 Å². The Morgan fingerprint density at radius 2 is 1.84 bits per heavy atom. The molecular formula is C22H26F3N7. The zero-order valence-corrected chi connectivity index (χ0v) is 17.7. The molecule has 0 aliphatic heterocycles. The Labute approximate surface area is 184 Å². The summed E-state index contributed by atoms with van der Waals surface area (Å²) in [6.07, 6.45) is 0.877. The summed E-state index contributed by atoms with van der Waals surface area (Å²) in [6.45, 7) is 2.52. The van der Waals surface area contributed by atoms with E-state index in [4.69, 9.17) is 0 Å². The second-order valence-electron chi connectivity index (χ2n) is 7.04. The van der Waals surface area contributed by atoms with Crippen LogP contribution in [-0.2, 0) is 19.3 Å². The maximum Gasteiger partial charge on any atom is 0.417 e. The van der Waals surface area contributed by atoms with Crippen molar-refractivity contribution in [3.8, 4) is 0 Å². The number of nitrogens with one attached hydrogen (secondary N) is 3. The molecule has 0 fully saturated rings. The number of rotatable bonds is 9. The third-order valence-electron chi connectivity index (χ3n) is 4.72. The van der Waals surface area contributed by atoms with Crippen molar-refractivity contribution in [2.24, 2.45) is 4.99 Å². The van der Waals surface area contributed by atoms with Gasteiger partial charge in [0, 0.05) is 45.3 Å². The largest absolute Gasteiger partial charge is 0.417 e. The van der Waals surface area contributed by atoms with Gasteiger partial charge in [0.25, 0.3) is 0 Å². The highest BCUT2D eigenvalue weighted by Crippen LogP contribution is 2.28. The van der Waals surface area contributed by atoms with Gasteiger partial charge in [-0.3, -0.25) is 9.67 Å². The lowest BCUT2D eigenvalue weighted by Crippen LogP contribution is -2.38. The fourth-order valence-electron chi connectivity index (χ4n) is 3.03. The fraction of sp³-hybridized carbons (Fsp3) is 0.318. The van der Waals surface area contributed by atoms with Crippen molar-refractivity contribution in [1.29, 1.82) is 0 Å². The summed E-state index contributed by atoms with van der Waals surface area (Å²) in [7, 11) is 1.70. The minimum absolute atomic E-state index is 0.411. The van der Waals surface area contributed by atoms with Crippen molar-refractivity contribution in [1.82, 2.24) is 25.4 Å². The monoisotopic (exact) mass is 445 g/mol. The Kier molecular flexibility index (Phi) is 8.07. The maximum absolute atomic E-state index is 12.6. The topological polar surface area (TPSA) is 79.2 Å². The zero-order valence-electron chi connectivity index (χ0n) is 17.7. The average Bonchev–Trinajstić information content (AvgIpc) is 3.29. The Morgan fingerprint density at radius 3 is 2.50 bits per heavy atom. The molecule has 0 aliphatic rings. The molecule has 0 saturated heterocycles. The second-order valence-corrected chi connectivity index (χ2v) is 7.04. The molecule has 2 heterocycles. The van der Waals surface area contributed by atoms with Crippen LogP contribution in [0.5, 0.6) is 0 Å². The number of pyridine rings is 1. The summed E-state index contributed by atoms with van der Waals surface area (Å²) in [5.74, 6) is 1.08. The molecule has 3 aromatic rings. The van der Waals surface area contributed by atoms with Crippen LogP contribution in [0, 0.1) is 0 Å². The van der Waals surface area contributed by atoms with Crippen molar-refractivity contribution >= 4 is 11.8 Å². The fourth-order valence-corrected chi connectivity index (χ4v) is 3.03. The van der Waals surface area contributed by atoms with Gasteiger partial charge in [0.2, 0.25) is 0 Å². The SMILES string of the molecule is CN=C(NCCCNc1ccc(C(F)(F)F)cn1)NCc1ccccc1Cn1cccn1. The van der Waals surface area contributed by atoms with E-state index in [-0.39, 0.29) is 0 Å². The van der Waals surface area contributed by atoms with Gasteiger partial charge in [-0.25, -0.2) is 4.98 Å². The van der Waals surface area contributed by atoms with Gasteiger partial charge in [-0.2, -0.15) is 18.3 Å². The summed E-state index contributed by atoms with van der Waals surface area (Å²) in [5.41, 5.74) is 1.57. The van der Waals surface area contributed by atoms with Crippen molar-refractivity contribution in [2.45, 2.75) is 25.7 Å². The molecule has 3 N–H and O–H groups in total. The molecule has 0 amide bonds. The molecule has 0 unspecified atom stereocenters. The molecule has 170 valence electrons. The first-order valence-electron chi connectivity index (χ1n) is 10.2. The Balaban J connectivity index is 1.39. The number of hydrogen-bond donors (Lipinski definition) is 3. The smallest absolute Gasteiger partial charge is 0.370 e. The van der Waals surface area contributed by atoms with Crippen LogP contribution in [0.1, 0.15) is 23.1 Å². The van der Waals surface area contributed by atoms with Crippen LogP contribution in [0.15, 0.2) is 66.0 Å². The van der Waals surface area contributed by atoms with E-state index >= 15 is 0 Å². The van der Waals surface area contributed by atoms with Gasteiger partial charge in [0.15, 0.2) is 5.96 Å². The Morgan fingerprint density at radius 1 is 1.03 bits per heavy atom. The Bertz CT molecular complexity index is 984. The van der Waals surface area contributed by atoms with E-state index in [9.17, 15) is 13.2 Å². The molecule has 0 bridgehead atoms. The number of anilines is 1. The lowest BCUT2D eigenvalue weighted by atomic mass is 10.1. The lowest BCUT2D eigenvalue weighted by Gasteiger charge is -2.14. The molecule has 0 aliphatic carbocycles. The summed E-state index contributed by atoms with van der Waals surface area (Å²) in [4.78, 5) is 8.03. The molecule has 0 saturated carbocycles. The number of alkyl halides is 3. The number of aromatic nitrogens is 3. The summed E-state index contributed by atoms with van der Waals surface area (Å²) in [5, 5.41) is 13.8. The van der Waals surface area contributed by atoms with E-state index < -0.39 is 11.7 Å². The van der Waals surface area contributed by atoms with Gasteiger partial charge in [0.1, 0.15) is 5.82 Å². The van der Waals surface area contributed by atoms with Crippen LogP contribution in [0.2, 0.25) is 0 Å².